The van der Waals surface area contributed by atoms with E-state index in [2.05, 4.69) is 137 Å². The molecule has 0 saturated heterocycles. The summed E-state index contributed by atoms with van der Waals surface area (Å²) in [4.78, 5) is 2.45. The molecule has 1 atom stereocenters. The Morgan fingerprint density at radius 2 is 1.58 bits per heavy atom. The number of allylic oxidation sites excluding steroid dienone is 9. The average molecular weight is 619 g/mol. The van der Waals surface area contributed by atoms with Gasteiger partial charge in [0.25, 0.3) is 0 Å². The Morgan fingerprint density at radius 3 is 2.16 bits per heavy atom. The van der Waals surface area contributed by atoms with Gasteiger partial charge in [-0.15, -0.1) is 0 Å². The van der Waals surface area contributed by atoms with E-state index in [4.69, 9.17) is 0 Å². The third kappa shape index (κ3) is 11.0. The molecule has 0 fully saturated rings. The highest BCUT2D eigenvalue weighted by Gasteiger charge is 2.15. The standard InChI is InChI=1S/C25H31FN2S.C16H16/c1-7-24(29-26)21(5)28(6)25(27-17-22-14-12-18(2)13-15-22)16-20(4)23-11-9-8-10-19(23)3;1-13(2)12-14-8-10-16(11-9-14)15-6-4-3-5-7-15/h7-9,11-16,19,27H,1,4,10,17H2,2-3,5-6H3;3-11H,1,12H2,2H3/b24-21+,25-16-;. The molecule has 0 saturated carbocycles. The lowest BCUT2D eigenvalue weighted by Crippen LogP contribution is -2.28. The van der Waals surface area contributed by atoms with Crippen molar-refractivity contribution in [1.82, 2.24) is 10.2 Å². The van der Waals surface area contributed by atoms with Crippen molar-refractivity contribution in [3.05, 3.63) is 179 Å². The first-order valence-corrected chi connectivity index (χ1v) is 16.1. The molecule has 3 aromatic carbocycles. The van der Waals surface area contributed by atoms with E-state index in [1.165, 1.54) is 39.0 Å². The summed E-state index contributed by atoms with van der Waals surface area (Å²) in [5, 5.41) is 3.50. The van der Waals surface area contributed by atoms with Crippen LogP contribution in [0.5, 0.6) is 0 Å². The first kappa shape index (κ1) is 35.2. The van der Waals surface area contributed by atoms with Gasteiger partial charge in [0.15, 0.2) is 0 Å². The van der Waals surface area contributed by atoms with Crippen LogP contribution in [0.1, 0.15) is 43.9 Å². The number of halogens is 1. The molecular formula is C41H47FN2S. The Hall–Kier alpha value is -4.28. The average Bonchev–Trinajstić information content (AvgIpc) is 3.05. The van der Waals surface area contributed by atoms with Crippen molar-refractivity contribution in [3.8, 4) is 11.1 Å². The number of rotatable bonds is 12. The van der Waals surface area contributed by atoms with E-state index >= 15 is 0 Å². The minimum absolute atomic E-state index is 0.209. The molecule has 234 valence electrons. The van der Waals surface area contributed by atoms with Crippen LogP contribution in [0.3, 0.4) is 0 Å². The fraction of sp³-hybridized carbons (Fsp3) is 0.220. The minimum Gasteiger partial charge on any atom is -0.367 e. The van der Waals surface area contributed by atoms with Crippen molar-refractivity contribution in [3.63, 3.8) is 0 Å². The van der Waals surface area contributed by atoms with Crippen molar-refractivity contribution in [1.29, 1.82) is 0 Å². The lowest BCUT2D eigenvalue weighted by molar-refractivity contribution is 0.465. The van der Waals surface area contributed by atoms with E-state index in [-0.39, 0.29) is 12.1 Å². The second kappa shape index (κ2) is 17.9. The first-order valence-electron chi connectivity index (χ1n) is 15.3. The zero-order valence-electron chi connectivity index (χ0n) is 27.4. The lowest BCUT2D eigenvalue weighted by atomic mass is 9.88. The van der Waals surface area contributed by atoms with Crippen LogP contribution in [-0.4, -0.2) is 11.9 Å². The Morgan fingerprint density at radius 1 is 0.956 bits per heavy atom. The molecule has 0 aliphatic heterocycles. The summed E-state index contributed by atoms with van der Waals surface area (Å²) in [5.74, 6) is 1.29. The van der Waals surface area contributed by atoms with Gasteiger partial charge in [0, 0.05) is 19.3 Å². The molecule has 4 rings (SSSR count). The fourth-order valence-corrected chi connectivity index (χ4v) is 5.27. The topological polar surface area (TPSA) is 15.3 Å². The van der Waals surface area contributed by atoms with Crippen molar-refractivity contribution in [2.24, 2.45) is 5.92 Å². The van der Waals surface area contributed by atoms with Gasteiger partial charge in [-0.1, -0.05) is 141 Å². The highest BCUT2D eigenvalue weighted by Crippen LogP contribution is 2.29. The van der Waals surface area contributed by atoms with Crippen LogP contribution in [0, 0.1) is 12.8 Å². The molecule has 3 aromatic rings. The molecule has 1 aliphatic carbocycles. The number of nitrogens with zero attached hydrogens (tertiary/aromatic N) is 1. The van der Waals surface area contributed by atoms with Gasteiger partial charge >= 0.3 is 0 Å². The van der Waals surface area contributed by atoms with Gasteiger partial charge in [0.1, 0.15) is 5.82 Å². The monoisotopic (exact) mass is 618 g/mol. The summed E-state index contributed by atoms with van der Waals surface area (Å²) in [6.07, 6.45) is 11.9. The second-order valence-electron chi connectivity index (χ2n) is 11.6. The van der Waals surface area contributed by atoms with Crippen LogP contribution in [0.4, 0.5) is 3.89 Å². The zero-order chi connectivity index (χ0) is 32.8. The first-order chi connectivity index (χ1) is 21.6. The number of nitrogens with one attached hydrogen (secondary N) is 1. The number of benzene rings is 3. The Labute approximate surface area is 275 Å². The SMILES string of the molecule is C=C(C)Cc1ccc(-c2ccccc2)cc1.C=C/C(SF)=C(/C)N(C)/C(=C\C(=C)C1=CC=CCC1C)NCc1ccc(C)cc1. The summed E-state index contributed by atoms with van der Waals surface area (Å²) >= 11 is 0.209. The molecule has 1 aliphatic rings. The number of hydrogen-bond acceptors (Lipinski definition) is 3. The Balaban J connectivity index is 0.000000289. The molecule has 2 nitrogen and oxygen atoms in total. The third-order valence-electron chi connectivity index (χ3n) is 7.76. The third-order valence-corrected chi connectivity index (χ3v) is 8.39. The molecule has 0 aromatic heterocycles. The van der Waals surface area contributed by atoms with E-state index in [0.29, 0.717) is 17.4 Å². The van der Waals surface area contributed by atoms with E-state index in [0.717, 1.165) is 29.9 Å². The quantitative estimate of drug-likeness (QED) is 0.161. The second-order valence-corrected chi connectivity index (χ2v) is 12.2. The van der Waals surface area contributed by atoms with Gasteiger partial charge in [0.05, 0.1) is 17.1 Å². The zero-order valence-corrected chi connectivity index (χ0v) is 28.3. The van der Waals surface area contributed by atoms with Crippen molar-refractivity contribution >= 4 is 12.1 Å². The molecule has 0 amide bonds. The van der Waals surface area contributed by atoms with Crippen LogP contribution >= 0.6 is 12.1 Å². The molecular weight excluding hydrogens is 572 g/mol. The Bertz CT molecular complexity index is 1560. The van der Waals surface area contributed by atoms with Gasteiger partial charge in [0.2, 0.25) is 0 Å². The van der Waals surface area contributed by atoms with Crippen molar-refractivity contribution in [2.45, 2.75) is 47.1 Å². The molecule has 45 heavy (non-hydrogen) atoms. The van der Waals surface area contributed by atoms with Crippen molar-refractivity contribution < 1.29 is 3.89 Å². The van der Waals surface area contributed by atoms with E-state index in [1.807, 2.05) is 31.0 Å². The van der Waals surface area contributed by atoms with E-state index in [9.17, 15) is 3.89 Å². The van der Waals surface area contributed by atoms with Crippen LogP contribution in [0.25, 0.3) is 11.1 Å². The molecule has 0 spiro atoms. The minimum atomic E-state index is 0.209. The number of aryl methyl sites for hydroxylation is 1. The van der Waals surface area contributed by atoms with E-state index < -0.39 is 0 Å². The predicted molar refractivity (Wildman–Crippen MR) is 196 cm³/mol. The maximum absolute atomic E-state index is 13.3. The van der Waals surface area contributed by atoms with Gasteiger partial charge < -0.3 is 10.2 Å². The summed E-state index contributed by atoms with van der Waals surface area (Å²) < 4.78 is 13.3. The summed E-state index contributed by atoms with van der Waals surface area (Å²) in [6.45, 7) is 20.8. The summed E-state index contributed by atoms with van der Waals surface area (Å²) in [5.41, 5.74) is 10.4. The largest absolute Gasteiger partial charge is 0.367 e. The van der Waals surface area contributed by atoms with E-state index in [1.54, 1.807) is 6.08 Å². The molecule has 1 N–H and O–H groups in total. The van der Waals surface area contributed by atoms with Gasteiger partial charge in [-0.3, -0.25) is 0 Å². The smallest absolute Gasteiger partial charge is 0.106 e. The van der Waals surface area contributed by atoms with Gasteiger partial charge in [-0.05, 0) is 79.0 Å². The van der Waals surface area contributed by atoms with Crippen molar-refractivity contribution in [2.75, 3.05) is 7.05 Å². The predicted octanol–water partition coefficient (Wildman–Crippen LogP) is 11.4. The summed E-state index contributed by atoms with van der Waals surface area (Å²) in [7, 11) is 1.93. The molecule has 0 heterocycles. The van der Waals surface area contributed by atoms with Gasteiger partial charge in [-0.25, -0.2) is 0 Å². The molecule has 0 bridgehead atoms. The molecule has 1 unspecified atom stereocenters. The Kier molecular flexibility index (Phi) is 14.0. The normalized spacial score (nSPS) is 14.8. The fourth-order valence-electron chi connectivity index (χ4n) is 4.96. The van der Waals surface area contributed by atoms with Crippen LogP contribution in [0.2, 0.25) is 0 Å². The highest BCUT2D eigenvalue weighted by atomic mass is 32.2. The van der Waals surface area contributed by atoms with Gasteiger partial charge in [-0.2, -0.15) is 3.89 Å². The number of hydrogen-bond donors (Lipinski definition) is 1. The molecule has 4 heteroatoms. The summed E-state index contributed by atoms with van der Waals surface area (Å²) in [6, 6.07) is 27.6. The maximum Gasteiger partial charge on any atom is 0.106 e. The maximum atomic E-state index is 13.3. The lowest BCUT2D eigenvalue weighted by Gasteiger charge is -2.27. The van der Waals surface area contributed by atoms with Crippen LogP contribution in [-0.2, 0) is 13.0 Å². The van der Waals surface area contributed by atoms with Crippen LogP contribution < -0.4 is 5.32 Å². The molecule has 0 radical (unpaired) electrons. The van der Waals surface area contributed by atoms with Crippen LogP contribution in [0.15, 0.2) is 162 Å². The highest BCUT2D eigenvalue weighted by molar-refractivity contribution is 7.98.